The molecule has 0 saturated carbocycles. The molecule has 6 rings (SSSR count). The van der Waals surface area contributed by atoms with Gasteiger partial charge in [-0.3, -0.25) is 18.9 Å². The summed E-state index contributed by atoms with van der Waals surface area (Å²) < 4.78 is 18.9. The summed E-state index contributed by atoms with van der Waals surface area (Å²) in [7, 11) is 0. The standard InChI is InChI=1S/C29H23N3O5S2/c1-16-9-17(2)11-20(10-16)37-26-21(27(33)31-8-4-5-18(3)25(31)30-26)13-24-28(34)32(29(38)39-24)14-19-6-7-22-23(12-19)36-15-35-22/h4-13H,14-15H2,1-3H3/b24-13+. The topological polar surface area (TPSA) is 82.4 Å². The minimum absolute atomic E-state index is 0.125. The van der Waals surface area contributed by atoms with Crippen LogP contribution in [0.3, 0.4) is 0 Å². The Labute approximate surface area is 233 Å². The third kappa shape index (κ3) is 4.77. The molecule has 39 heavy (non-hydrogen) atoms. The van der Waals surface area contributed by atoms with Gasteiger partial charge in [0.05, 0.1) is 11.4 Å². The van der Waals surface area contributed by atoms with Crippen LogP contribution in [0.4, 0.5) is 0 Å². The summed E-state index contributed by atoms with van der Waals surface area (Å²) in [6.07, 6.45) is 3.18. The van der Waals surface area contributed by atoms with E-state index < -0.39 is 0 Å². The first-order valence-electron chi connectivity index (χ1n) is 12.2. The Morgan fingerprint density at radius 2 is 1.82 bits per heavy atom. The van der Waals surface area contributed by atoms with Crippen molar-refractivity contribution in [1.82, 2.24) is 14.3 Å². The Morgan fingerprint density at radius 1 is 1.05 bits per heavy atom. The van der Waals surface area contributed by atoms with Crippen LogP contribution in [0.15, 0.2) is 64.4 Å². The summed E-state index contributed by atoms with van der Waals surface area (Å²) >= 11 is 6.68. The average molecular weight is 558 g/mol. The number of fused-ring (bicyclic) bond motifs is 2. The molecule has 196 valence electrons. The van der Waals surface area contributed by atoms with Crippen LogP contribution in [-0.4, -0.2) is 31.3 Å². The van der Waals surface area contributed by atoms with E-state index in [9.17, 15) is 9.59 Å². The van der Waals surface area contributed by atoms with Gasteiger partial charge >= 0.3 is 0 Å². The van der Waals surface area contributed by atoms with E-state index in [0.29, 0.717) is 32.1 Å². The minimum atomic E-state index is -0.343. The molecule has 1 amide bonds. The molecule has 10 heteroatoms. The van der Waals surface area contributed by atoms with E-state index in [1.54, 1.807) is 12.3 Å². The highest BCUT2D eigenvalue weighted by Crippen LogP contribution is 2.37. The van der Waals surface area contributed by atoms with E-state index in [-0.39, 0.29) is 36.2 Å². The lowest BCUT2D eigenvalue weighted by molar-refractivity contribution is -0.122. The number of carbonyl (C=O) groups is 1. The summed E-state index contributed by atoms with van der Waals surface area (Å²) in [4.78, 5) is 33.7. The van der Waals surface area contributed by atoms with E-state index in [0.717, 1.165) is 34.0 Å². The van der Waals surface area contributed by atoms with Gasteiger partial charge in [-0.15, -0.1) is 0 Å². The smallest absolute Gasteiger partial charge is 0.269 e. The number of pyridine rings is 1. The van der Waals surface area contributed by atoms with Gasteiger partial charge in [-0.05, 0) is 79.4 Å². The van der Waals surface area contributed by atoms with E-state index in [4.69, 9.17) is 31.4 Å². The van der Waals surface area contributed by atoms with Gasteiger partial charge in [-0.2, -0.15) is 4.98 Å². The SMILES string of the molecule is Cc1cc(C)cc(Oc2nc3c(C)cccn3c(=O)c2/C=C2/SC(=S)N(Cc3ccc4c(c3)OCO4)C2=O)c1. The van der Waals surface area contributed by atoms with Crippen molar-refractivity contribution in [2.24, 2.45) is 0 Å². The zero-order valence-electron chi connectivity index (χ0n) is 21.4. The Morgan fingerprint density at radius 3 is 2.62 bits per heavy atom. The Hall–Kier alpha value is -4.15. The van der Waals surface area contributed by atoms with Crippen LogP contribution in [0, 0.1) is 20.8 Å². The predicted molar refractivity (Wildman–Crippen MR) is 153 cm³/mol. The molecule has 4 heterocycles. The maximum atomic E-state index is 13.7. The third-order valence-corrected chi connectivity index (χ3v) is 7.76. The summed E-state index contributed by atoms with van der Waals surface area (Å²) in [6, 6.07) is 15.0. The van der Waals surface area contributed by atoms with Crippen molar-refractivity contribution in [3.05, 3.63) is 97.8 Å². The van der Waals surface area contributed by atoms with Crippen LogP contribution in [0.5, 0.6) is 23.1 Å². The third-order valence-electron chi connectivity index (χ3n) is 6.39. The second-order valence-electron chi connectivity index (χ2n) is 9.40. The summed E-state index contributed by atoms with van der Waals surface area (Å²) in [5.74, 6) is 1.68. The molecule has 0 radical (unpaired) electrons. The van der Waals surface area contributed by atoms with Crippen molar-refractivity contribution < 1.29 is 19.0 Å². The number of aromatic nitrogens is 2. The molecule has 0 atom stereocenters. The largest absolute Gasteiger partial charge is 0.454 e. The fourth-order valence-corrected chi connectivity index (χ4v) is 5.82. The molecule has 1 fully saturated rings. The molecule has 2 aliphatic rings. The lowest BCUT2D eigenvalue weighted by atomic mass is 10.1. The Balaban J connectivity index is 1.40. The van der Waals surface area contributed by atoms with Crippen molar-refractivity contribution in [3.63, 3.8) is 0 Å². The van der Waals surface area contributed by atoms with Crippen molar-refractivity contribution in [1.29, 1.82) is 0 Å². The zero-order chi connectivity index (χ0) is 27.3. The zero-order valence-corrected chi connectivity index (χ0v) is 23.0. The van der Waals surface area contributed by atoms with Crippen molar-refractivity contribution >= 4 is 45.9 Å². The molecule has 4 aromatic rings. The number of ether oxygens (including phenoxy) is 3. The molecule has 0 N–H and O–H groups in total. The number of nitrogens with zero attached hydrogens (tertiary/aromatic N) is 3. The molecule has 0 aliphatic carbocycles. The first kappa shape index (κ1) is 25.1. The van der Waals surface area contributed by atoms with Gasteiger partial charge in [0.2, 0.25) is 12.7 Å². The van der Waals surface area contributed by atoms with Crippen molar-refractivity contribution in [2.45, 2.75) is 27.3 Å². The lowest BCUT2D eigenvalue weighted by Crippen LogP contribution is -2.27. The number of hydrogen-bond acceptors (Lipinski definition) is 8. The van der Waals surface area contributed by atoms with Gasteiger partial charge < -0.3 is 14.2 Å². The van der Waals surface area contributed by atoms with Gasteiger partial charge in [-0.1, -0.05) is 42.2 Å². The maximum Gasteiger partial charge on any atom is 0.269 e. The van der Waals surface area contributed by atoms with Gasteiger partial charge in [0.25, 0.3) is 11.5 Å². The number of carbonyl (C=O) groups excluding carboxylic acids is 1. The molecule has 8 nitrogen and oxygen atoms in total. The molecule has 2 aromatic carbocycles. The minimum Gasteiger partial charge on any atom is -0.454 e. The number of benzene rings is 2. The molecular weight excluding hydrogens is 534 g/mol. The first-order valence-corrected chi connectivity index (χ1v) is 13.4. The van der Waals surface area contributed by atoms with Crippen LogP contribution in [0.1, 0.15) is 27.8 Å². The van der Waals surface area contributed by atoms with Crippen molar-refractivity contribution in [3.8, 4) is 23.1 Å². The highest BCUT2D eigenvalue weighted by Gasteiger charge is 2.33. The van der Waals surface area contributed by atoms with Crippen LogP contribution in [0.25, 0.3) is 11.7 Å². The summed E-state index contributed by atoms with van der Waals surface area (Å²) in [6.45, 7) is 6.25. The highest BCUT2D eigenvalue weighted by atomic mass is 32.2. The second-order valence-corrected chi connectivity index (χ2v) is 11.1. The van der Waals surface area contributed by atoms with E-state index in [2.05, 4.69) is 0 Å². The Kier molecular flexibility index (Phi) is 6.36. The van der Waals surface area contributed by atoms with Crippen LogP contribution in [-0.2, 0) is 11.3 Å². The molecule has 2 aliphatic heterocycles. The highest BCUT2D eigenvalue weighted by molar-refractivity contribution is 8.26. The monoisotopic (exact) mass is 557 g/mol. The molecule has 0 spiro atoms. The number of amides is 1. The van der Waals surface area contributed by atoms with Crippen molar-refractivity contribution in [2.75, 3.05) is 6.79 Å². The van der Waals surface area contributed by atoms with Gasteiger partial charge in [0.1, 0.15) is 21.3 Å². The normalized spacial score (nSPS) is 15.6. The number of thioether (sulfide) groups is 1. The molecule has 0 unspecified atom stereocenters. The lowest BCUT2D eigenvalue weighted by Gasteiger charge is -2.15. The molecule has 1 saturated heterocycles. The molecule has 2 aromatic heterocycles. The van der Waals surface area contributed by atoms with Gasteiger partial charge in [0.15, 0.2) is 11.5 Å². The predicted octanol–water partition coefficient (Wildman–Crippen LogP) is 5.54. The van der Waals surface area contributed by atoms with Crippen LogP contribution >= 0.6 is 24.0 Å². The maximum absolute atomic E-state index is 13.7. The van der Waals surface area contributed by atoms with E-state index in [1.807, 2.05) is 63.2 Å². The van der Waals surface area contributed by atoms with E-state index in [1.165, 1.54) is 15.4 Å². The van der Waals surface area contributed by atoms with Gasteiger partial charge in [-0.25, -0.2) is 0 Å². The van der Waals surface area contributed by atoms with Crippen LogP contribution in [0.2, 0.25) is 0 Å². The molecule has 0 bridgehead atoms. The quantitative estimate of drug-likeness (QED) is 0.234. The summed E-state index contributed by atoms with van der Waals surface area (Å²) in [5.41, 5.74) is 4.01. The number of aryl methyl sites for hydroxylation is 3. The number of rotatable bonds is 5. The fraction of sp³-hybridized carbons (Fsp3) is 0.172. The second kappa shape index (κ2) is 9.87. The molecular formula is C29H23N3O5S2. The number of thiocarbonyl (C=S) groups is 1. The van der Waals surface area contributed by atoms with E-state index >= 15 is 0 Å². The van der Waals surface area contributed by atoms with Gasteiger partial charge in [0, 0.05) is 6.20 Å². The first-order chi connectivity index (χ1) is 18.8. The average Bonchev–Trinajstić information content (AvgIpc) is 3.46. The summed E-state index contributed by atoms with van der Waals surface area (Å²) in [5, 5.41) is 0. The van der Waals surface area contributed by atoms with Crippen LogP contribution < -0.4 is 19.8 Å². The Bertz CT molecular complexity index is 1760. The number of hydrogen-bond donors (Lipinski definition) is 0. The fourth-order valence-electron chi connectivity index (χ4n) is 4.59.